The van der Waals surface area contributed by atoms with Crippen molar-refractivity contribution in [3.63, 3.8) is 0 Å². The van der Waals surface area contributed by atoms with Crippen molar-refractivity contribution in [1.29, 1.82) is 0 Å². The zero-order valence-electron chi connectivity index (χ0n) is 11.4. The van der Waals surface area contributed by atoms with Crippen LogP contribution in [0.15, 0.2) is 17.3 Å². The lowest BCUT2D eigenvalue weighted by Gasteiger charge is -2.11. The smallest absolute Gasteiger partial charge is 0.208 e. The van der Waals surface area contributed by atoms with Gasteiger partial charge in [-0.15, -0.1) is 5.10 Å². The summed E-state index contributed by atoms with van der Waals surface area (Å²) in [6.07, 6.45) is 0. The Bertz CT molecular complexity index is 588. The molecule has 20 heavy (non-hydrogen) atoms. The fourth-order valence-corrected chi connectivity index (χ4v) is 2.18. The van der Waals surface area contributed by atoms with Crippen LogP contribution >= 0.6 is 11.8 Å². The Morgan fingerprint density at radius 3 is 2.85 bits per heavy atom. The van der Waals surface area contributed by atoms with Gasteiger partial charge in [0.1, 0.15) is 5.69 Å². The van der Waals surface area contributed by atoms with E-state index in [4.69, 9.17) is 9.57 Å². The van der Waals surface area contributed by atoms with Crippen LogP contribution in [0, 0.1) is 0 Å². The molecule has 0 atom stereocenters. The summed E-state index contributed by atoms with van der Waals surface area (Å²) in [4.78, 5) is 9.19. The number of rotatable bonds is 6. The molecule has 7 nitrogen and oxygen atoms in total. The zero-order valence-corrected chi connectivity index (χ0v) is 12.2. The van der Waals surface area contributed by atoms with Gasteiger partial charge in [0.05, 0.1) is 14.2 Å². The van der Waals surface area contributed by atoms with Gasteiger partial charge in [-0.3, -0.25) is 15.4 Å². The van der Waals surface area contributed by atoms with Gasteiger partial charge in [0.15, 0.2) is 17.3 Å². The summed E-state index contributed by atoms with van der Waals surface area (Å²) < 4.78 is 5.14. The van der Waals surface area contributed by atoms with E-state index in [1.165, 1.54) is 14.2 Å². The predicted molar refractivity (Wildman–Crippen MR) is 77.1 cm³/mol. The van der Waals surface area contributed by atoms with Crippen molar-refractivity contribution in [3.8, 4) is 22.9 Å². The van der Waals surface area contributed by atoms with E-state index in [1.807, 2.05) is 6.92 Å². The van der Waals surface area contributed by atoms with Crippen LogP contribution in [0.5, 0.6) is 11.5 Å². The highest BCUT2D eigenvalue weighted by molar-refractivity contribution is 7.99. The van der Waals surface area contributed by atoms with Crippen molar-refractivity contribution in [2.45, 2.75) is 12.1 Å². The topological polar surface area (TPSA) is 92.3 Å². The summed E-state index contributed by atoms with van der Waals surface area (Å²) in [6, 6.07) is 3.37. The van der Waals surface area contributed by atoms with Crippen LogP contribution in [0.4, 0.5) is 5.69 Å². The number of methoxy groups -OCH3 is 1. The highest BCUT2D eigenvalue weighted by Gasteiger charge is 2.14. The molecule has 2 rings (SSSR count). The van der Waals surface area contributed by atoms with Crippen molar-refractivity contribution < 1.29 is 14.7 Å². The van der Waals surface area contributed by atoms with Gasteiger partial charge < -0.3 is 9.84 Å². The number of phenolic OH excluding ortho intramolecular Hbond substituents is 1. The average molecular weight is 296 g/mol. The van der Waals surface area contributed by atoms with E-state index in [2.05, 4.69) is 20.7 Å². The molecule has 0 saturated heterocycles. The van der Waals surface area contributed by atoms with Crippen LogP contribution in [0.2, 0.25) is 0 Å². The van der Waals surface area contributed by atoms with Crippen molar-refractivity contribution in [3.05, 3.63) is 12.1 Å². The van der Waals surface area contributed by atoms with E-state index in [-0.39, 0.29) is 5.75 Å². The van der Waals surface area contributed by atoms with E-state index in [0.717, 1.165) is 11.3 Å². The Labute approximate surface area is 120 Å². The molecule has 2 aromatic rings. The van der Waals surface area contributed by atoms with Gasteiger partial charge in [0.25, 0.3) is 0 Å². The maximum absolute atomic E-state index is 9.96. The lowest BCUT2D eigenvalue weighted by atomic mass is 10.1. The molecular weight excluding hydrogens is 280 g/mol. The van der Waals surface area contributed by atoms with Crippen LogP contribution in [0.3, 0.4) is 0 Å². The molecule has 1 heterocycles. The number of nitrogens with zero attached hydrogens (tertiary/aromatic N) is 2. The minimum absolute atomic E-state index is 0.0271. The van der Waals surface area contributed by atoms with Crippen LogP contribution in [0.1, 0.15) is 6.92 Å². The standard InChI is InChI=1S/C12H16N4O3S/c1-4-20-12-13-11(14-15-12)7-5-8(16-19-3)10(17)9(6-7)18-2/h5-6,16-17H,4H2,1-3H3,(H,13,14,15). The summed E-state index contributed by atoms with van der Waals surface area (Å²) in [7, 11) is 2.94. The number of nitrogens with one attached hydrogen (secondary N) is 2. The minimum atomic E-state index is -0.0271. The molecule has 3 N–H and O–H groups in total. The Morgan fingerprint density at radius 1 is 1.40 bits per heavy atom. The van der Waals surface area contributed by atoms with Crippen LogP contribution in [0.25, 0.3) is 11.4 Å². The molecule has 0 radical (unpaired) electrons. The first-order chi connectivity index (χ1) is 9.69. The number of ether oxygens (including phenoxy) is 1. The van der Waals surface area contributed by atoms with Gasteiger partial charge in [-0.25, -0.2) is 4.98 Å². The third-order valence-electron chi connectivity index (χ3n) is 2.52. The van der Waals surface area contributed by atoms with Gasteiger partial charge in [0, 0.05) is 5.56 Å². The van der Waals surface area contributed by atoms with Gasteiger partial charge in [-0.05, 0) is 17.9 Å². The number of aromatic hydroxyl groups is 1. The molecule has 0 bridgehead atoms. The van der Waals surface area contributed by atoms with E-state index in [1.54, 1.807) is 23.9 Å². The van der Waals surface area contributed by atoms with Crippen LogP contribution in [-0.4, -0.2) is 40.3 Å². The summed E-state index contributed by atoms with van der Waals surface area (Å²) in [5, 5.41) is 17.6. The first-order valence-corrected chi connectivity index (χ1v) is 6.93. The quantitative estimate of drug-likeness (QED) is 0.428. The maximum atomic E-state index is 9.96. The maximum Gasteiger partial charge on any atom is 0.208 e. The lowest BCUT2D eigenvalue weighted by Crippen LogP contribution is -1.98. The molecule has 0 amide bonds. The number of benzene rings is 1. The van der Waals surface area contributed by atoms with E-state index in [0.29, 0.717) is 22.4 Å². The highest BCUT2D eigenvalue weighted by Crippen LogP contribution is 2.38. The molecular formula is C12H16N4O3S. The molecule has 108 valence electrons. The number of hydrogen-bond donors (Lipinski definition) is 3. The third-order valence-corrected chi connectivity index (χ3v) is 3.25. The third kappa shape index (κ3) is 2.97. The monoisotopic (exact) mass is 296 g/mol. The minimum Gasteiger partial charge on any atom is -0.503 e. The van der Waals surface area contributed by atoms with Crippen LogP contribution in [-0.2, 0) is 4.84 Å². The molecule has 0 fully saturated rings. The largest absolute Gasteiger partial charge is 0.503 e. The fraction of sp³-hybridized carbons (Fsp3) is 0.333. The van der Waals surface area contributed by atoms with Gasteiger partial charge in [0.2, 0.25) is 5.16 Å². The Morgan fingerprint density at radius 2 is 2.20 bits per heavy atom. The van der Waals surface area contributed by atoms with E-state index in [9.17, 15) is 5.11 Å². The molecule has 1 aromatic heterocycles. The molecule has 0 aliphatic carbocycles. The number of thioether (sulfide) groups is 1. The Hall–Kier alpha value is -1.93. The second-order valence-corrected chi connectivity index (χ2v) is 5.01. The van der Waals surface area contributed by atoms with Crippen molar-refractivity contribution in [2.75, 3.05) is 25.5 Å². The summed E-state index contributed by atoms with van der Waals surface area (Å²) in [5.41, 5.74) is 3.72. The second kappa shape index (κ2) is 6.49. The van der Waals surface area contributed by atoms with Crippen molar-refractivity contribution in [1.82, 2.24) is 15.2 Å². The summed E-state index contributed by atoms with van der Waals surface area (Å²) >= 11 is 1.54. The summed E-state index contributed by atoms with van der Waals surface area (Å²) in [5.74, 6) is 1.79. The van der Waals surface area contributed by atoms with Gasteiger partial charge in [-0.1, -0.05) is 18.7 Å². The second-order valence-electron chi connectivity index (χ2n) is 3.78. The average Bonchev–Trinajstić information content (AvgIpc) is 2.90. The van der Waals surface area contributed by atoms with E-state index < -0.39 is 0 Å². The molecule has 0 spiro atoms. The fourth-order valence-electron chi connectivity index (χ4n) is 1.66. The van der Waals surface area contributed by atoms with Gasteiger partial charge >= 0.3 is 0 Å². The van der Waals surface area contributed by atoms with Crippen LogP contribution < -0.4 is 10.2 Å². The van der Waals surface area contributed by atoms with Crippen molar-refractivity contribution in [2.24, 2.45) is 0 Å². The number of aromatic nitrogens is 3. The molecule has 0 aliphatic rings. The highest BCUT2D eigenvalue weighted by atomic mass is 32.2. The number of hydrogen-bond acceptors (Lipinski definition) is 7. The number of aromatic amines is 1. The predicted octanol–water partition coefficient (Wildman–Crippen LogP) is 2.27. The normalized spacial score (nSPS) is 10.6. The lowest BCUT2D eigenvalue weighted by molar-refractivity contribution is 0.267. The molecule has 0 unspecified atom stereocenters. The summed E-state index contributed by atoms with van der Waals surface area (Å²) in [6.45, 7) is 2.03. The first-order valence-electron chi connectivity index (χ1n) is 5.95. The zero-order chi connectivity index (χ0) is 14.5. The van der Waals surface area contributed by atoms with Gasteiger partial charge in [-0.2, -0.15) is 0 Å². The van der Waals surface area contributed by atoms with Crippen molar-refractivity contribution >= 4 is 17.4 Å². The first kappa shape index (κ1) is 14.5. The molecule has 1 aromatic carbocycles. The Balaban J connectivity index is 2.41. The number of H-pyrrole nitrogens is 1. The SMILES string of the molecule is CCSc1n[nH]c(-c2cc(NOC)c(O)c(OC)c2)n1. The van der Waals surface area contributed by atoms with E-state index >= 15 is 0 Å². The number of phenols is 1. The molecule has 0 aliphatic heterocycles. The number of anilines is 1. The Kier molecular flexibility index (Phi) is 4.70. The molecule has 0 saturated carbocycles. The molecule has 8 heteroatoms.